The van der Waals surface area contributed by atoms with Crippen molar-refractivity contribution in [2.75, 3.05) is 0 Å². The van der Waals surface area contributed by atoms with Crippen LogP contribution in [-0.4, -0.2) is 25.3 Å². The van der Waals surface area contributed by atoms with Crippen LogP contribution in [0.15, 0.2) is 10.9 Å². The van der Waals surface area contributed by atoms with Crippen molar-refractivity contribution < 1.29 is 4.52 Å². The van der Waals surface area contributed by atoms with Crippen LogP contribution in [0.5, 0.6) is 0 Å². The van der Waals surface area contributed by atoms with E-state index in [1.165, 1.54) is 6.33 Å². The highest BCUT2D eigenvalue weighted by Gasteiger charge is 2.15. The molecule has 0 aliphatic heterocycles. The molecule has 15 heavy (non-hydrogen) atoms. The lowest BCUT2D eigenvalue weighted by Crippen LogP contribution is -1.93. The molecular formula is C9H13N5O. The molecular weight excluding hydrogens is 194 g/mol. The van der Waals surface area contributed by atoms with E-state index in [0.29, 0.717) is 23.5 Å². The summed E-state index contributed by atoms with van der Waals surface area (Å²) in [5.41, 5.74) is 0. The Morgan fingerprint density at radius 1 is 1.53 bits per heavy atom. The standard InChI is InChI=1S/C9H13N5O/c1-3-4-6(2)9-12-8(14-15-9)7-10-5-11-13-7/h5-6H,3-4H2,1-2H3,(H,10,11,13). The Labute approximate surface area is 87.1 Å². The number of nitrogens with one attached hydrogen (secondary N) is 1. The number of H-pyrrole nitrogens is 1. The van der Waals surface area contributed by atoms with E-state index in [1.807, 2.05) is 0 Å². The molecule has 80 valence electrons. The van der Waals surface area contributed by atoms with Crippen molar-refractivity contribution in [3.63, 3.8) is 0 Å². The van der Waals surface area contributed by atoms with Gasteiger partial charge in [0.2, 0.25) is 11.7 Å². The van der Waals surface area contributed by atoms with Crippen LogP contribution in [0.3, 0.4) is 0 Å². The van der Waals surface area contributed by atoms with Crippen LogP contribution in [0, 0.1) is 0 Å². The highest BCUT2D eigenvalue weighted by Crippen LogP contribution is 2.20. The van der Waals surface area contributed by atoms with Gasteiger partial charge in [-0.1, -0.05) is 25.4 Å². The number of aromatic nitrogens is 5. The number of hydrogen-bond donors (Lipinski definition) is 1. The molecule has 0 aromatic carbocycles. The molecule has 0 spiro atoms. The Bertz CT molecular complexity index is 408. The molecule has 0 radical (unpaired) electrons. The molecule has 0 aliphatic carbocycles. The Morgan fingerprint density at radius 2 is 2.40 bits per heavy atom. The van der Waals surface area contributed by atoms with Crippen molar-refractivity contribution in [1.82, 2.24) is 25.3 Å². The Kier molecular flexibility index (Phi) is 2.75. The predicted octanol–water partition coefficient (Wildman–Crippen LogP) is 1.76. The van der Waals surface area contributed by atoms with E-state index in [4.69, 9.17) is 4.52 Å². The van der Waals surface area contributed by atoms with Gasteiger partial charge in [-0.05, 0) is 6.42 Å². The highest BCUT2D eigenvalue weighted by molar-refractivity contribution is 5.39. The summed E-state index contributed by atoms with van der Waals surface area (Å²) in [7, 11) is 0. The van der Waals surface area contributed by atoms with Gasteiger partial charge in [-0.2, -0.15) is 10.1 Å². The summed E-state index contributed by atoms with van der Waals surface area (Å²) in [5.74, 6) is 1.95. The molecule has 0 fully saturated rings. The summed E-state index contributed by atoms with van der Waals surface area (Å²) >= 11 is 0. The number of aromatic amines is 1. The Hall–Kier alpha value is -1.72. The van der Waals surface area contributed by atoms with E-state index in [2.05, 4.69) is 39.2 Å². The normalized spacial score (nSPS) is 12.9. The molecule has 6 nitrogen and oxygen atoms in total. The van der Waals surface area contributed by atoms with Crippen molar-refractivity contribution in [3.8, 4) is 11.6 Å². The van der Waals surface area contributed by atoms with Gasteiger partial charge in [0.25, 0.3) is 0 Å². The molecule has 0 bridgehead atoms. The lowest BCUT2D eigenvalue weighted by Gasteiger charge is -2.01. The SMILES string of the molecule is CCCC(C)c1nc(-c2ncn[nH]2)no1. The smallest absolute Gasteiger partial charge is 0.239 e. The minimum absolute atomic E-state index is 0.291. The van der Waals surface area contributed by atoms with Crippen LogP contribution >= 0.6 is 0 Å². The first-order valence-corrected chi connectivity index (χ1v) is 5.00. The van der Waals surface area contributed by atoms with Crippen molar-refractivity contribution in [3.05, 3.63) is 12.2 Å². The maximum absolute atomic E-state index is 5.15. The molecule has 0 saturated heterocycles. The summed E-state index contributed by atoms with van der Waals surface area (Å²) in [6, 6.07) is 0. The van der Waals surface area contributed by atoms with Crippen molar-refractivity contribution >= 4 is 0 Å². The molecule has 2 aromatic rings. The van der Waals surface area contributed by atoms with Gasteiger partial charge >= 0.3 is 0 Å². The Morgan fingerprint density at radius 3 is 3.07 bits per heavy atom. The fourth-order valence-electron chi connectivity index (χ4n) is 1.40. The van der Waals surface area contributed by atoms with Gasteiger partial charge in [-0.25, -0.2) is 4.98 Å². The molecule has 2 aromatic heterocycles. The first kappa shape index (κ1) is 9.82. The number of rotatable bonds is 4. The Balaban J connectivity index is 2.17. The predicted molar refractivity (Wildman–Crippen MR) is 53.0 cm³/mol. The average molecular weight is 207 g/mol. The van der Waals surface area contributed by atoms with Gasteiger partial charge in [-0.15, -0.1) is 0 Å². The molecule has 1 N–H and O–H groups in total. The van der Waals surface area contributed by atoms with Crippen LogP contribution in [0.4, 0.5) is 0 Å². The molecule has 0 aliphatic rings. The topological polar surface area (TPSA) is 80.5 Å². The monoisotopic (exact) mass is 207 g/mol. The van der Waals surface area contributed by atoms with Gasteiger partial charge in [0.15, 0.2) is 5.82 Å². The summed E-state index contributed by atoms with van der Waals surface area (Å²) in [5, 5.41) is 10.3. The fraction of sp³-hybridized carbons (Fsp3) is 0.556. The van der Waals surface area contributed by atoms with Crippen molar-refractivity contribution in [1.29, 1.82) is 0 Å². The minimum Gasteiger partial charge on any atom is -0.339 e. The number of nitrogens with zero attached hydrogens (tertiary/aromatic N) is 4. The molecule has 2 rings (SSSR count). The summed E-state index contributed by atoms with van der Waals surface area (Å²) in [6.45, 7) is 4.20. The fourth-order valence-corrected chi connectivity index (χ4v) is 1.40. The summed E-state index contributed by atoms with van der Waals surface area (Å²) in [6.07, 6.45) is 3.56. The van der Waals surface area contributed by atoms with Crippen LogP contribution in [0.1, 0.15) is 38.5 Å². The summed E-state index contributed by atoms with van der Waals surface area (Å²) in [4.78, 5) is 8.21. The largest absolute Gasteiger partial charge is 0.339 e. The molecule has 0 amide bonds. The third-order valence-electron chi connectivity index (χ3n) is 2.21. The zero-order valence-corrected chi connectivity index (χ0v) is 8.77. The van der Waals surface area contributed by atoms with Crippen molar-refractivity contribution in [2.45, 2.75) is 32.6 Å². The van der Waals surface area contributed by atoms with E-state index < -0.39 is 0 Å². The van der Waals surface area contributed by atoms with Gasteiger partial charge in [-0.3, -0.25) is 5.10 Å². The van der Waals surface area contributed by atoms with E-state index in [9.17, 15) is 0 Å². The molecule has 1 unspecified atom stereocenters. The lowest BCUT2D eigenvalue weighted by molar-refractivity contribution is 0.353. The zero-order valence-electron chi connectivity index (χ0n) is 8.77. The van der Waals surface area contributed by atoms with E-state index >= 15 is 0 Å². The van der Waals surface area contributed by atoms with Gasteiger partial charge < -0.3 is 4.52 Å². The second-order valence-electron chi connectivity index (χ2n) is 3.48. The van der Waals surface area contributed by atoms with E-state index in [0.717, 1.165) is 12.8 Å². The quantitative estimate of drug-likeness (QED) is 0.826. The lowest BCUT2D eigenvalue weighted by atomic mass is 10.1. The molecule has 6 heteroatoms. The second-order valence-corrected chi connectivity index (χ2v) is 3.48. The average Bonchev–Trinajstić information content (AvgIpc) is 2.89. The van der Waals surface area contributed by atoms with Crippen LogP contribution in [0.2, 0.25) is 0 Å². The second kappa shape index (κ2) is 4.20. The van der Waals surface area contributed by atoms with Crippen molar-refractivity contribution in [2.24, 2.45) is 0 Å². The number of hydrogen-bond acceptors (Lipinski definition) is 5. The maximum atomic E-state index is 5.15. The molecule has 2 heterocycles. The zero-order chi connectivity index (χ0) is 10.7. The first-order valence-electron chi connectivity index (χ1n) is 5.00. The maximum Gasteiger partial charge on any atom is 0.239 e. The van der Waals surface area contributed by atoms with Crippen LogP contribution in [0.25, 0.3) is 11.6 Å². The van der Waals surface area contributed by atoms with E-state index in [-0.39, 0.29) is 0 Å². The van der Waals surface area contributed by atoms with E-state index in [1.54, 1.807) is 0 Å². The van der Waals surface area contributed by atoms with Gasteiger partial charge in [0, 0.05) is 5.92 Å². The van der Waals surface area contributed by atoms with Crippen LogP contribution < -0.4 is 0 Å². The van der Waals surface area contributed by atoms with Gasteiger partial charge in [0.1, 0.15) is 6.33 Å². The minimum atomic E-state index is 0.291. The molecule has 1 atom stereocenters. The first-order chi connectivity index (χ1) is 7.31. The van der Waals surface area contributed by atoms with Crippen LogP contribution in [-0.2, 0) is 0 Å². The molecule has 0 saturated carbocycles. The van der Waals surface area contributed by atoms with Gasteiger partial charge in [0.05, 0.1) is 0 Å². The highest BCUT2D eigenvalue weighted by atomic mass is 16.5. The third-order valence-corrected chi connectivity index (χ3v) is 2.21. The summed E-state index contributed by atoms with van der Waals surface area (Å²) < 4.78 is 5.15. The third kappa shape index (κ3) is 2.03.